The summed E-state index contributed by atoms with van der Waals surface area (Å²) in [6, 6.07) is 42.8. The molecule has 33 heavy (non-hydrogen) atoms. The molecule has 4 aromatic carbocycles. The average Bonchev–Trinajstić information content (AvgIpc) is 3.30. The normalized spacial score (nSPS) is 17.7. The van der Waals surface area contributed by atoms with Gasteiger partial charge in [0.05, 0.1) is 19.0 Å². The molecule has 2 aliphatic rings. The Morgan fingerprint density at radius 3 is 1.39 bits per heavy atom. The van der Waals surface area contributed by atoms with Crippen LogP contribution in [0.25, 0.3) is 0 Å². The van der Waals surface area contributed by atoms with Gasteiger partial charge in [-0.1, -0.05) is 72.8 Å². The number of benzene rings is 4. The molecule has 2 aliphatic heterocycles. The van der Waals surface area contributed by atoms with E-state index in [0.29, 0.717) is 0 Å². The molecule has 4 aromatic rings. The Kier molecular flexibility index (Phi) is 4.96. The van der Waals surface area contributed by atoms with Crippen LogP contribution in [0.4, 0.5) is 22.7 Å². The van der Waals surface area contributed by atoms with Crippen molar-refractivity contribution in [2.24, 2.45) is 0 Å². The fourth-order valence-corrected chi connectivity index (χ4v) is 4.82. The van der Waals surface area contributed by atoms with Crippen molar-refractivity contribution in [1.29, 1.82) is 0 Å². The summed E-state index contributed by atoms with van der Waals surface area (Å²) in [5, 5.41) is 0. The van der Waals surface area contributed by atoms with Gasteiger partial charge in [0.15, 0.2) is 0 Å². The van der Waals surface area contributed by atoms with E-state index in [1.807, 2.05) is 0 Å². The van der Waals surface area contributed by atoms with Crippen LogP contribution in [0, 0.1) is 0 Å². The lowest BCUT2D eigenvalue weighted by Gasteiger charge is -2.43. The molecule has 1 saturated heterocycles. The van der Waals surface area contributed by atoms with Crippen molar-refractivity contribution in [3.8, 4) is 0 Å². The van der Waals surface area contributed by atoms with E-state index in [2.05, 4.69) is 147 Å². The van der Waals surface area contributed by atoms with E-state index >= 15 is 0 Å². The van der Waals surface area contributed by atoms with Crippen molar-refractivity contribution in [2.45, 2.75) is 6.17 Å². The summed E-state index contributed by atoms with van der Waals surface area (Å²) in [7, 11) is 0. The summed E-state index contributed by atoms with van der Waals surface area (Å²) < 4.78 is 0. The number of hydrogen-bond acceptors (Lipinski definition) is 4. The van der Waals surface area contributed by atoms with Crippen molar-refractivity contribution in [1.82, 2.24) is 0 Å². The van der Waals surface area contributed by atoms with E-state index in [1.165, 1.54) is 28.4 Å². The molecule has 4 nitrogen and oxygen atoms in total. The van der Waals surface area contributed by atoms with Gasteiger partial charge >= 0.3 is 0 Å². The van der Waals surface area contributed by atoms with Gasteiger partial charge in [-0.25, -0.2) is 0 Å². The number of anilines is 4. The van der Waals surface area contributed by atoms with E-state index in [-0.39, 0.29) is 6.17 Å². The van der Waals surface area contributed by atoms with Crippen LogP contribution in [0.1, 0.15) is 0 Å². The molecule has 4 heteroatoms. The van der Waals surface area contributed by atoms with Gasteiger partial charge in [0, 0.05) is 28.9 Å². The van der Waals surface area contributed by atoms with Gasteiger partial charge in [-0.3, -0.25) is 0 Å². The van der Waals surface area contributed by atoms with Gasteiger partial charge in [0.1, 0.15) is 6.17 Å². The molecule has 2 heterocycles. The molecular formula is C29H26N4. The molecular weight excluding hydrogens is 404 g/mol. The highest BCUT2D eigenvalue weighted by atomic mass is 15.5. The maximum absolute atomic E-state index is 2.50. The molecule has 0 radical (unpaired) electrons. The summed E-state index contributed by atoms with van der Waals surface area (Å²) in [4.78, 5) is 9.78. The zero-order valence-corrected chi connectivity index (χ0v) is 18.4. The number of fused-ring (bicyclic) bond motifs is 1. The van der Waals surface area contributed by atoms with Crippen LogP contribution in [0.2, 0.25) is 0 Å². The summed E-state index contributed by atoms with van der Waals surface area (Å²) in [5.41, 5.74) is 6.10. The minimum atomic E-state index is 0.0926. The minimum Gasteiger partial charge on any atom is -0.328 e. The molecule has 1 fully saturated rings. The van der Waals surface area contributed by atoms with Gasteiger partial charge in [0.2, 0.25) is 0 Å². The maximum Gasteiger partial charge on any atom is 0.148 e. The van der Waals surface area contributed by atoms with Crippen LogP contribution >= 0.6 is 0 Å². The topological polar surface area (TPSA) is 13.0 Å². The zero-order valence-electron chi connectivity index (χ0n) is 18.4. The second-order valence-electron chi connectivity index (χ2n) is 8.39. The first kappa shape index (κ1) is 19.5. The second kappa shape index (κ2) is 8.40. The predicted molar refractivity (Wildman–Crippen MR) is 137 cm³/mol. The monoisotopic (exact) mass is 430 g/mol. The highest BCUT2D eigenvalue weighted by molar-refractivity contribution is 5.70. The molecule has 0 spiro atoms. The number of hydrogen-bond donors (Lipinski definition) is 0. The molecule has 0 bridgehead atoms. The van der Waals surface area contributed by atoms with E-state index in [9.17, 15) is 0 Å². The van der Waals surface area contributed by atoms with Gasteiger partial charge in [0.25, 0.3) is 0 Å². The number of rotatable bonds is 4. The molecule has 0 aliphatic carbocycles. The number of para-hydroxylation sites is 4. The Morgan fingerprint density at radius 1 is 0.455 bits per heavy atom. The summed E-state index contributed by atoms with van der Waals surface area (Å²) in [6.07, 6.45) is 2.42. The van der Waals surface area contributed by atoms with E-state index in [4.69, 9.17) is 0 Å². The second-order valence-corrected chi connectivity index (χ2v) is 8.39. The molecule has 6 rings (SSSR count). The first-order valence-corrected chi connectivity index (χ1v) is 11.4. The molecule has 1 atom stereocenters. The van der Waals surface area contributed by atoms with Gasteiger partial charge < -0.3 is 19.6 Å². The van der Waals surface area contributed by atoms with Crippen LogP contribution in [0.5, 0.6) is 0 Å². The van der Waals surface area contributed by atoms with Crippen molar-refractivity contribution in [3.63, 3.8) is 0 Å². The Labute approximate surface area is 195 Å². The third-order valence-electron chi connectivity index (χ3n) is 6.38. The van der Waals surface area contributed by atoms with Gasteiger partial charge in [-0.05, 0) is 48.5 Å². The Morgan fingerprint density at radius 2 is 0.879 bits per heavy atom. The predicted octanol–water partition coefficient (Wildman–Crippen LogP) is 6.12. The summed E-state index contributed by atoms with van der Waals surface area (Å²) in [6.45, 7) is 1.56. The van der Waals surface area contributed by atoms with Crippen LogP contribution < -0.4 is 19.6 Å². The van der Waals surface area contributed by atoms with Gasteiger partial charge in [-0.15, -0.1) is 0 Å². The smallest absolute Gasteiger partial charge is 0.148 e. The largest absolute Gasteiger partial charge is 0.328 e. The van der Waals surface area contributed by atoms with Gasteiger partial charge in [-0.2, -0.15) is 0 Å². The molecule has 0 N–H and O–H groups in total. The Bertz CT molecular complexity index is 1230. The fraction of sp³-hybridized carbons (Fsp3) is 0.103. The summed E-state index contributed by atoms with van der Waals surface area (Å²) >= 11 is 0. The molecule has 1 unspecified atom stereocenters. The van der Waals surface area contributed by atoms with Crippen molar-refractivity contribution in [2.75, 3.05) is 32.9 Å². The van der Waals surface area contributed by atoms with E-state index in [0.717, 1.165) is 13.3 Å². The number of nitrogens with zero attached hydrogens (tertiary/aromatic N) is 4. The van der Waals surface area contributed by atoms with Crippen LogP contribution in [0.3, 0.4) is 0 Å². The SMILES string of the molecule is C1=C2C(N(c3ccccc3)CN1c1ccccc1)N(c1ccccc1)CN2c1ccccc1. The molecule has 0 saturated carbocycles. The first-order valence-electron chi connectivity index (χ1n) is 11.4. The average molecular weight is 431 g/mol. The quantitative estimate of drug-likeness (QED) is 0.386. The molecule has 162 valence electrons. The maximum atomic E-state index is 2.50. The third-order valence-corrected chi connectivity index (χ3v) is 6.38. The van der Waals surface area contributed by atoms with Crippen molar-refractivity contribution >= 4 is 22.7 Å². The lowest BCUT2D eigenvalue weighted by Crippen LogP contribution is -2.53. The van der Waals surface area contributed by atoms with E-state index in [1.54, 1.807) is 0 Å². The van der Waals surface area contributed by atoms with Crippen LogP contribution in [0.15, 0.2) is 133 Å². The Balaban J connectivity index is 1.52. The highest BCUT2D eigenvalue weighted by Crippen LogP contribution is 2.40. The molecule has 0 aromatic heterocycles. The first-order chi connectivity index (χ1) is 16.4. The van der Waals surface area contributed by atoms with Crippen LogP contribution in [-0.4, -0.2) is 19.5 Å². The van der Waals surface area contributed by atoms with Crippen molar-refractivity contribution < 1.29 is 0 Å². The summed E-state index contributed by atoms with van der Waals surface area (Å²) in [5.74, 6) is 0. The zero-order chi connectivity index (χ0) is 22.0. The Hall–Kier alpha value is -4.18. The molecule has 0 amide bonds. The van der Waals surface area contributed by atoms with Crippen molar-refractivity contribution in [3.05, 3.63) is 133 Å². The van der Waals surface area contributed by atoms with Crippen LogP contribution in [-0.2, 0) is 0 Å². The third kappa shape index (κ3) is 3.60. The lowest BCUT2D eigenvalue weighted by molar-refractivity contribution is 0.643. The van der Waals surface area contributed by atoms with E-state index < -0.39 is 0 Å². The highest BCUT2D eigenvalue weighted by Gasteiger charge is 2.43. The minimum absolute atomic E-state index is 0.0926. The lowest BCUT2D eigenvalue weighted by atomic mass is 10.1. The standard InChI is InChI=1S/C29H26N4/c1-5-13-24(14-6-1)30-21-28-29(32(22-30)26-17-9-3-10-18-26)33(27-19-11-4-12-20-27)23-31(28)25-15-7-2-8-16-25/h1-21,29H,22-23H2. The fourth-order valence-electron chi connectivity index (χ4n) is 4.82.